The van der Waals surface area contributed by atoms with Crippen molar-refractivity contribution in [2.24, 2.45) is 5.92 Å². The van der Waals surface area contributed by atoms with Crippen LogP contribution in [0.2, 0.25) is 0 Å². The average Bonchev–Trinajstić information content (AvgIpc) is 2.91. The second-order valence-corrected chi connectivity index (χ2v) is 11.7. The quantitative estimate of drug-likeness (QED) is 0.624. The molecule has 0 radical (unpaired) electrons. The van der Waals surface area contributed by atoms with Gasteiger partial charge >= 0.3 is 18.2 Å². The van der Waals surface area contributed by atoms with E-state index >= 15 is 0 Å². The summed E-state index contributed by atoms with van der Waals surface area (Å²) in [5, 5.41) is 9.11. The number of carbonyl (C=O) groups is 3. The van der Waals surface area contributed by atoms with Crippen molar-refractivity contribution < 1.29 is 33.7 Å². The lowest BCUT2D eigenvalue weighted by Gasteiger charge is -2.41. The van der Waals surface area contributed by atoms with Gasteiger partial charge in [-0.05, 0) is 87.0 Å². The SMILES string of the molecule is CC(C)(C)OC(=O)N(C[C@@H]1COC(C)(C)N1C(=O)OC(C)(C)C)C1CCC(CC(=O)O)CC1. The van der Waals surface area contributed by atoms with E-state index in [0.29, 0.717) is 12.8 Å². The zero-order valence-corrected chi connectivity index (χ0v) is 21.5. The first-order chi connectivity index (χ1) is 15.0. The minimum atomic E-state index is -0.869. The number of rotatable bonds is 5. The minimum absolute atomic E-state index is 0.0888. The maximum absolute atomic E-state index is 13.2. The van der Waals surface area contributed by atoms with Crippen LogP contribution in [0.25, 0.3) is 0 Å². The highest BCUT2D eigenvalue weighted by atomic mass is 16.6. The molecule has 1 N–H and O–H groups in total. The third-order valence-electron chi connectivity index (χ3n) is 5.92. The number of hydrogen-bond acceptors (Lipinski definition) is 6. The Morgan fingerprint density at radius 3 is 2.03 bits per heavy atom. The van der Waals surface area contributed by atoms with E-state index in [0.717, 1.165) is 12.8 Å². The van der Waals surface area contributed by atoms with Gasteiger partial charge in [0.1, 0.15) is 16.9 Å². The van der Waals surface area contributed by atoms with Crippen LogP contribution in [0.1, 0.15) is 87.5 Å². The van der Waals surface area contributed by atoms with Gasteiger partial charge in [0.15, 0.2) is 0 Å². The first-order valence-corrected chi connectivity index (χ1v) is 11.9. The number of hydrogen-bond donors (Lipinski definition) is 1. The number of aliphatic carboxylic acids is 1. The molecule has 33 heavy (non-hydrogen) atoms. The van der Waals surface area contributed by atoms with Crippen molar-refractivity contribution >= 4 is 18.2 Å². The molecular formula is C24H42N2O7. The number of nitrogens with zero attached hydrogens (tertiary/aromatic N) is 2. The summed E-state index contributed by atoms with van der Waals surface area (Å²) in [4.78, 5) is 40.6. The second-order valence-electron chi connectivity index (χ2n) is 11.7. The number of carboxylic acids is 1. The fourth-order valence-electron chi connectivity index (χ4n) is 4.53. The van der Waals surface area contributed by atoms with E-state index in [-0.39, 0.29) is 37.6 Å². The smallest absolute Gasteiger partial charge is 0.412 e. The Kier molecular flexibility index (Phi) is 8.31. The standard InChI is InChI=1S/C24H42N2O7/c1-22(2,3)32-20(29)25(17-11-9-16(10-12-17)13-19(27)28)14-18-15-31-24(7,8)26(18)21(30)33-23(4,5)6/h16-18H,9-15H2,1-8H3,(H,27,28)/t16?,17?,18-/m1/s1. The molecule has 2 rings (SSSR count). The van der Waals surface area contributed by atoms with Gasteiger partial charge < -0.3 is 24.2 Å². The summed E-state index contributed by atoms with van der Waals surface area (Å²) >= 11 is 0. The van der Waals surface area contributed by atoms with Gasteiger partial charge in [-0.2, -0.15) is 0 Å². The molecule has 2 aliphatic rings. The third-order valence-corrected chi connectivity index (χ3v) is 5.92. The topological polar surface area (TPSA) is 106 Å². The summed E-state index contributed by atoms with van der Waals surface area (Å²) in [6.07, 6.45) is 2.09. The number of ether oxygens (including phenoxy) is 3. The van der Waals surface area contributed by atoms with Crippen LogP contribution in [0, 0.1) is 5.92 Å². The molecule has 9 heteroatoms. The lowest BCUT2D eigenvalue weighted by Crippen LogP contribution is -2.55. The Morgan fingerprint density at radius 2 is 1.55 bits per heavy atom. The largest absolute Gasteiger partial charge is 0.481 e. The van der Waals surface area contributed by atoms with E-state index in [1.54, 1.807) is 9.80 Å². The van der Waals surface area contributed by atoms with Crippen LogP contribution in [-0.2, 0) is 19.0 Å². The van der Waals surface area contributed by atoms with Crippen LogP contribution in [-0.4, -0.2) is 75.2 Å². The summed E-state index contributed by atoms with van der Waals surface area (Å²) in [5.41, 5.74) is -2.19. The average molecular weight is 471 g/mol. The highest BCUT2D eigenvalue weighted by Crippen LogP contribution is 2.34. The van der Waals surface area contributed by atoms with Crippen molar-refractivity contribution in [2.75, 3.05) is 13.2 Å². The fraction of sp³-hybridized carbons (Fsp3) is 0.875. The molecule has 0 bridgehead atoms. The molecule has 1 aliphatic carbocycles. The van der Waals surface area contributed by atoms with Gasteiger partial charge in [-0.25, -0.2) is 9.59 Å². The van der Waals surface area contributed by atoms with Crippen LogP contribution < -0.4 is 0 Å². The van der Waals surface area contributed by atoms with E-state index < -0.39 is 35.1 Å². The first kappa shape index (κ1) is 27.2. The van der Waals surface area contributed by atoms with Crippen LogP contribution in [0.15, 0.2) is 0 Å². The zero-order valence-electron chi connectivity index (χ0n) is 21.5. The second kappa shape index (κ2) is 10.1. The first-order valence-electron chi connectivity index (χ1n) is 11.9. The molecule has 190 valence electrons. The molecule has 0 unspecified atom stereocenters. The molecule has 1 heterocycles. The van der Waals surface area contributed by atoms with Gasteiger partial charge in [0.05, 0.1) is 12.6 Å². The van der Waals surface area contributed by atoms with Gasteiger partial charge in [0, 0.05) is 19.0 Å². The molecule has 0 spiro atoms. The van der Waals surface area contributed by atoms with Crippen molar-refractivity contribution in [2.45, 2.75) is 117 Å². The highest BCUT2D eigenvalue weighted by molar-refractivity contribution is 5.71. The Morgan fingerprint density at radius 1 is 1.00 bits per heavy atom. The number of carboxylic acid groups (broad SMARTS) is 1. The molecule has 0 aromatic carbocycles. The van der Waals surface area contributed by atoms with Crippen molar-refractivity contribution in [3.8, 4) is 0 Å². The van der Waals surface area contributed by atoms with Crippen LogP contribution in [0.3, 0.4) is 0 Å². The molecule has 0 aromatic rings. The Labute approximate surface area is 197 Å². The van der Waals surface area contributed by atoms with Crippen molar-refractivity contribution in [3.05, 3.63) is 0 Å². The Bertz CT molecular complexity index is 715. The summed E-state index contributed by atoms with van der Waals surface area (Å²) in [6, 6.07) is -0.479. The molecular weight excluding hydrogens is 428 g/mol. The monoisotopic (exact) mass is 470 g/mol. The van der Waals surface area contributed by atoms with E-state index in [1.807, 2.05) is 55.4 Å². The van der Waals surface area contributed by atoms with Crippen molar-refractivity contribution in [3.63, 3.8) is 0 Å². The maximum atomic E-state index is 13.2. The van der Waals surface area contributed by atoms with Crippen LogP contribution in [0.5, 0.6) is 0 Å². The summed E-state index contributed by atoms with van der Waals surface area (Å²) in [5.74, 6) is -0.674. The maximum Gasteiger partial charge on any atom is 0.412 e. The molecule has 1 saturated heterocycles. The fourth-order valence-corrected chi connectivity index (χ4v) is 4.53. The van der Waals surface area contributed by atoms with Gasteiger partial charge in [-0.3, -0.25) is 9.69 Å². The molecule has 1 saturated carbocycles. The number of carbonyl (C=O) groups excluding carboxylic acids is 2. The van der Waals surface area contributed by atoms with Gasteiger partial charge in [0.25, 0.3) is 0 Å². The summed E-state index contributed by atoms with van der Waals surface area (Å²) in [6.45, 7) is 15.1. The Hall–Kier alpha value is -2.03. The normalized spacial score (nSPS) is 25.5. The van der Waals surface area contributed by atoms with E-state index in [4.69, 9.17) is 19.3 Å². The lowest BCUT2D eigenvalue weighted by molar-refractivity contribution is -0.138. The van der Waals surface area contributed by atoms with E-state index in [2.05, 4.69) is 0 Å². The third kappa shape index (κ3) is 8.05. The molecule has 9 nitrogen and oxygen atoms in total. The Balaban J connectivity index is 2.21. The number of amides is 2. The predicted molar refractivity (Wildman–Crippen MR) is 123 cm³/mol. The van der Waals surface area contributed by atoms with Gasteiger partial charge in [-0.15, -0.1) is 0 Å². The predicted octanol–water partition coefficient (Wildman–Crippen LogP) is 4.63. The van der Waals surface area contributed by atoms with Crippen molar-refractivity contribution in [1.29, 1.82) is 0 Å². The molecule has 1 aliphatic heterocycles. The van der Waals surface area contributed by atoms with Gasteiger partial charge in [-0.1, -0.05) is 0 Å². The minimum Gasteiger partial charge on any atom is -0.481 e. The zero-order chi connectivity index (χ0) is 25.2. The van der Waals surface area contributed by atoms with Crippen LogP contribution in [0.4, 0.5) is 9.59 Å². The molecule has 2 fully saturated rings. The highest BCUT2D eigenvalue weighted by Gasteiger charge is 2.47. The summed E-state index contributed by atoms with van der Waals surface area (Å²) in [7, 11) is 0. The summed E-state index contributed by atoms with van der Waals surface area (Å²) < 4.78 is 17.2. The van der Waals surface area contributed by atoms with Crippen LogP contribution >= 0.6 is 0 Å². The van der Waals surface area contributed by atoms with E-state index in [9.17, 15) is 14.4 Å². The van der Waals surface area contributed by atoms with Gasteiger partial charge in [0.2, 0.25) is 0 Å². The van der Waals surface area contributed by atoms with Crippen molar-refractivity contribution in [1.82, 2.24) is 9.80 Å². The molecule has 2 amide bonds. The molecule has 1 atom stereocenters. The van der Waals surface area contributed by atoms with E-state index in [1.165, 1.54) is 0 Å². The molecule has 0 aromatic heterocycles. The lowest BCUT2D eigenvalue weighted by atomic mass is 9.83.